The van der Waals surface area contributed by atoms with Crippen LogP contribution in [0.2, 0.25) is 0 Å². The first kappa shape index (κ1) is 29.4. The number of aromatic nitrogens is 2. The minimum absolute atomic E-state index is 0.151. The number of nitrogens with zero attached hydrogens (tertiary/aromatic N) is 3. The predicted octanol–water partition coefficient (Wildman–Crippen LogP) is 3.34. The molecule has 1 fully saturated rings. The number of aliphatic hydroxyl groups is 1. The Morgan fingerprint density at radius 2 is 1.93 bits per heavy atom. The summed E-state index contributed by atoms with van der Waals surface area (Å²) in [6.07, 6.45) is 7.15. The Morgan fingerprint density at radius 3 is 2.57 bits per heavy atom. The van der Waals surface area contributed by atoms with Crippen LogP contribution >= 0.6 is 0 Å². The highest BCUT2D eigenvalue weighted by atomic mass is 32.2. The zero-order valence-corrected chi connectivity index (χ0v) is 25.4. The minimum Gasteiger partial charge on any atom is -0.492 e. The molecule has 0 spiro atoms. The van der Waals surface area contributed by atoms with Gasteiger partial charge in [0, 0.05) is 23.9 Å². The van der Waals surface area contributed by atoms with Crippen molar-refractivity contribution >= 4 is 38.7 Å². The number of hydrogen-bond acceptors (Lipinski definition) is 9. The van der Waals surface area contributed by atoms with E-state index in [1.54, 1.807) is 24.3 Å². The Labute approximate surface area is 245 Å². The number of aliphatic hydroxyl groups excluding tert-OH is 1. The largest absolute Gasteiger partial charge is 0.492 e. The van der Waals surface area contributed by atoms with E-state index in [1.165, 1.54) is 20.0 Å². The second-order valence-corrected chi connectivity index (χ2v) is 13.2. The van der Waals surface area contributed by atoms with E-state index in [9.17, 15) is 18.3 Å². The van der Waals surface area contributed by atoms with Crippen molar-refractivity contribution in [3.63, 3.8) is 0 Å². The van der Waals surface area contributed by atoms with Gasteiger partial charge in [-0.05, 0) is 55.2 Å². The lowest BCUT2D eigenvalue weighted by atomic mass is 9.85. The van der Waals surface area contributed by atoms with Crippen LogP contribution in [0, 0.1) is 6.92 Å². The fraction of sp³-hybridized carbons (Fsp3) is 0.379. The molecule has 0 bridgehead atoms. The van der Waals surface area contributed by atoms with E-state index in [2.05, 4.69) is 30.6 Å². The number of imidazole rings is 1. The van der Waals surface area contributed by atoms with E-state index in [-0.39, 0.29) is 23.7 Å². The molecule has 3 aromatic rings. The van der Waals surface area contributed by atoms with E-state index >= 15 is 0 Å². The first-order valence-corrected chi connectivity index (χ1v) is 15.5. The molecule has 0 atom stereocenters. The number of aryl methyl sites for hydroxylation is 1. The number of methoxy groups -OCH3 is 1. The van der Waals surface area contributed by atoms with Crippen LogP contribution in [0.1, 0.15) is 65.6 Å². The molecule has 1 amide bonds. The molecule has 5 rings (SSSR count). The topological polar surface area (TPSA) is 150 Å². The zero-order valence-electron chi connectivity index (χ0n) is 24.6. The van der Waals surface area contributed by atoms with Crippen molar-refractivity contribution in [2.24, 2.45) is 7.05 Å². The van der Waals surface area contributed by atoms with Crippen LogP contribution < -0.4 is 30.7 Å². The third-order valence-electron chi connectivity index (χ3n) is 7.56. The molecule has 2 aliphatic rings. The monoisotopic (exact) mass is 595 g/mol. The zero-order chi connectivity index (χ0) is 30.4. The summed E-state index contributed by atoms with van der Waals surface area (Å²) in [6, 6.07) is 8.62. The van der Waals surface area contributed by atoms with Gasteiger partial charge in [-0.2, -0.15) is 0 Å². The van der Waals surface area contributed by atoms with Crippen molar-refractivity contribution in [3.05, 3.63) is 70.9 Å². The highest BCUT2D eigenvalue weighted by molar-refractivity contribution is 7.92. The van der Waals surface area contributed by atoms with Gasteiger partial charge in [0.1, 0.15) is 5.82 Å². The summed E-state index contributed by atoms with van der Waals surface area (Å²) >= 11 is 0. The quantitative estimate of drug-likeness (QED) is 0.238. The molecular formula is C29H37N7O5S. The standard InChI is InChI=1S/C29H37N7O5S/c1-17-7-8-19(11-24(17)36-15-23(32-34-36)25-14-30-27(35(25)4)18-9-10-18)28(38)31-21-12-20(29(2,3)16-37)13-22(26(21)41-5)33-42(6,39)40/h7-8,11-15,18,32-34,37H,9-10,16H2,1-6H3,(H,31,38). The van der Waals surface area contributed by atoms with Crippen molar-refractivity contribution in [2.45, 2.75) is 44.9 Å². The van der Waals surface area contributed by atoms with Gasteiger partial charge in [-0.15, -0.1) is 5.53 Å². The molecule has 1 aliphatic carbocycles. The minimum atomic E-state index is -3.66. The maximum absolute atomic E-state index is 13.6. The number of hydrazine groups is 2. The second kappa shape index (κ2) is 11.0. The Morgan fingerprint density at radius 1 is 1.21 bits per heavy atom. The van der Waals surface area contributed by atoms with Crippen LogP contribution in [0.25, 0.3) is 5.70 Å². The van der Waals surface area contributed by atoms with Gasteiger partial charge in [0.15, 0.2) is 5.75 Å². The molecule has 12 nitrogen and oxygen atoms in total. The number of amides is 1. The van der Waals surface area contributed by atoms with E-state index in [1.807, 2.05) is 51.3 Å². The van der Waals surface area contributed by atoms with Gasteiger partial charge in [0.2, 0.25) is 10.0 Å². The Kier molecular flexibility index (Phi) is 7.68. The van der Waals surface area contributed by atoms with Gasteiger partial charge in [-0.3, -0.25) is 20.0 Å². The van der Waals surface area contributed by atoms with Gasteiger partial charge in [-0.1, -0.05) is 19.9 Å². The lowest BCUT2D eigenvalue weighted by Crippen LogP contribution is -2.36. The third kappa shape index (κ3) is 5.94. The van der Waals surface area contributed by atoms with E-state index < -0.39 is 21.3 Å². The van der Waals surface area contributed by atoms with Gasteiger partial charge in [-0.25, -0.2) is 13.4 Å². The summed E-state index contributed by atoms with van der Waals surface area (Å²) in [4.78, 5) is 18.2. The molecule has 224 valence electrons. The number of anilines is 3. The van der Waals surface area contributed by atoms with Gasteiger partial charge in [0.05, 0.1) is 60.8 Å². The molecule has 0 radical (unpaired) electrons. The summed E-state index contributed by atoms with van der Waals surface area (Å²) in [7, 11) is -0.251. The van der Waals surface area contributed by atoms with Crippen LogP contribution in [0.15, 0.2) is 42.7 Å². The van der Waals surface area contributed by atoms with E-state index in [0.29, 0.717) is 17.0 Å². The van der Waals surface area contributed by atoms with E-state index in [4.69, 9.17) is 4.74 Å². The molecule has 13 heteroatoms. The number of carbonyl (C=O) groups excluding carboxylic acids is 1. The highest BCUT2D eigenvalue weighted by Gasteiger charge is 2.30. The molecule has 2 aromatic carbocycles. The number of nitrogens with one attached hydrogen (secondary N) is 4. The number of sulfonamides is 1. The van der Waals surface area contributed by atoms with Crippen molar-refractivity contribution in [2.75, 3.05) is 35.0 Å². The first-order valence-electron chi connectivity index (χ1n) is 13.6. The second-order valence-electron chi connectivity index (χ2n) is 11.5. The molecule has 5 N–H and O–H groups in total. The van der Waals surface area contributed by atoms with Crippen LogP contribution in [0.3, 0.4) is 0 Å². The Hall–Kier alpha value is -4.07. The van der Waals surface area contributed by atoms with Gasteiger partial charge in [0.25, 0.3) is 5.91 Å². The predicted molar refractivity (Wildman–Crippen MR) is 163 cm³/mol. The average Bonchev–Trinajstić information content (AvgIpc) is 3.52. The fourth-order valence-electron chi connectivity index (χ4n) is 4.87. The maximum Gasteiger partial charge on any atom is 0.255 e. The van der Waals surface area contributed by atoms with Crippen LogP contribution in [0.4, 0.5) is 17.1 Å². The molecule has 1 aromatic heterocycles. The number of ether oxygens (including phenoxy) is 1. The number of hydrogen-bond donors (Lipinski definition) is 5. The van der Waals surface area contributed by atoms with Crippen LogP contribution in [-0.4, -0.2) is 49.0 Å². The highest BCUT2D eigenvalue weighted by Crippen LogP contribution is 2.41. The van der Waals surface area contributed by atoms with Crippen molar-refractivity contribution < 1.29 is 23.1 Å². The van der Waals surface area contributed by atoms with Gasteiger partial charge < -0.3 is 19.7 Å². The fourth-order valence-corrected chi connectivity index (χ4v) is 5.42. The van der Waals surface area contributed by atoms with Crippen LogP contribution in [0.5, 0.6) is 5.75 Å². The summed E-state index contributed by atoms with van der Waals surface area (Å²) < 4.78 is 34.3. The van der Waals surface area contributed by atoms with Crippen molar-refractivity contribution in [3.8, 4) is 5.75 Å². The SMILES string of the molecule is COc1c(NC(=O)c2ccc(C)c(N3C=C(c4cnc(C5CC5)n4C)NN3)c2)cc(C(C)(C)CO)cc1NS(C)(=O)=O. The average molecular weight is 596 g/mol. The van der Waals surface area contributed by atoms with Crippen molar-refractivity contribution in [1.29, 1.82) is 0 Å². The van der Waals surface area contributed by atoms with Gasteiger partial charge >= 0.3 is 0 Å². The summed E-state index contributed by atoms with van der Waals surface area (Å²) in [6.45, 7) is 5.38. The Bertz CT molecular complexity index is 1680. The first-order chi connectivity index (χ1) is 19.8. The molecular weight excluding hydrogens is 558 g/mol. The number of benzene rings is 2. The smallest absolute Gasteiger partial charge is 0.255 e. The molecule has 42 heavy (non-hydrogen) atoms. The third-order valence-corrected chi connectivity index (χ3v) is 8.15. The Balaban J connectivity index is 1.45. The summed E-state index contributed by atoms with van der Waals surface area (Å²) in [5.41, 5.74) is 10.5. The lowest BCUT2D eigenvalue weighted by molar-refractivity contribution is 0.102. The number of rotatable bonds is 10. The molecule has 0 saturated heterocycles. The summed E-state index contributed by atoms with van der Waals surface area (Å²) in [5, 5.41) is 14.6. The molecule has 1 saturated carbocycles. The number of carbonyl (C=O) groups is 1. The molecule has 2 heterocycles. The van der Waals surface area contributed by atoms with Crippen molar-refractivity contribution in [1.82, 2.24) is 20.5 Å². The van der Waals surface area contributed by atoms with E-state index in [0.717, 1.165) is 34.7 Å². The lowest BCUT2D eigenvalue weighted by Gasteiger charge is -2.26. The molecule has 1 aliphatic heterocycles. The van der Waals surface area contributed by atoms with Crippen LogP contribution in [-0.2, 0) is 22.5 Å². The maximum atomic E-state index is 13.6. The normalized spacial score (nSPS) is 15.3. The molecule has 0 unspecified atom stereocenters. The summed E-state index contributed by atoms with van der Waals surface area (Å²) in [5.74, 6) is 1.34.